The van der Waals surface area contributed by atoms with Crippen LogP contribution in [0.5, 0.6) is 11.5 Å². The number of ether oxygens (including phenoxy) is 3. The van der Waals surface area contributed by atoms with Crippen LogP contribution >= 0.6 is 11.8 Å². The van der Waals surface area contributed by atoms with Crippen molar-refractivity contribution in [2.45, 2.75) is 6.92 Å². The van der Waals surface area contributed by atoms with Gasteiger partial charge in [-0.15, -0.1) is 0 Å². The SMILES string of the molecule is COc1cc(/C=C2/SC(=O)N(CC(=O)N3CCOCC3)C2=O)ccc1OCC(=O)Nc1ccc(C)cc1. The Morgan fingerprint density at radius 3 is 2.51 bits per heavy atom. The standard InChI is InChI=1S/C26H27N3O7S/c1-17-3-6-19(7-4-17)27-23(30)16-36-20-8-5-18(13-21(20)34-2)14-22-25(32)29(26(33)37-22)15-24(31)28-9-11-35-12-10-28/h3-8,13-14H,9-12,15-16H2,1-2H3,(H,27,30)/b22-14+. The van der Waals surface area contributed by atoms with Gasteiger partial charge in [0.25, 0.3) is 17.1 Å². The van der Waals surface area contributed by atoms with Crippen LogP contribution in [0.4, 0.5) is 10.5 Å². The Bertz CT molecular complexity index is 1220. The second kappa shape index (κ2) is 11.9. The number of anilines is 1. The second-order valence-electron chi connectivity index (χ2n) is 8.37. The summed E-state index contributed by atoms with van der Waals surface area (Å²) >= 11 is 0.777. The van der Waals surface area contributed by atoms with E-state index in [9.17, 15) is 19.2 Å². The van der Waals surface area contributed by atoms with Crippen LogP contribution in [-0.2, 0) is 19.1 Å². The quantitative estimate of drug-likeness (QED) is 0.524. The van der Waals surface area contributed by atoms with Crippen LogP contribution in [-0.4, -0.2) is 79.3 Å². The third-order valence-electron chi connectivity index (χ3n) is 5.71. The van der Waals surface area contributed by atoms with E-state index in [0.717, 1.165) is 22.2 Å². The van der Waals surface area contributed by atoms with Gasteiger partial charge in [-0.3, -0.25) is 24.1 Å². The molecule has 0 atom stereocenters. The van der Waals surface area contributed by atoms with Crippen molar-refractivity contribution in [2.75, 3.05) is 51.9 Å². The fourth-order valence-corrected chi connectivity index (χ4v) is 4.54. The summed E-state index contributed by atoms with van der Waals surface area (Å²) in [6.07, 6.45) is 1.56. The number of carbonyl (C=O) groups is 4. The number of amides is 4. The van der Waals surface area contributed by atoms with E-state index < -0.39 is 11.1 Å². The first-order valence-corrected chi connectivity index (χ1v) is 12.4. The highest BCUT2D eigenvalue weighted by Crippen LogP contribution is 2.34. The molecule has 0 saturated carbocycles. The topological polar surface area (TPSA) is 114 Å². The zero-order valence-electron chi connectivity index (χ0n) is 20.5. The fraction of sp³-hybridized carbons (Fsp3) is 0.308. The number of nitrogens with zero attached hydrogens (tertiary/aromatic N) is 2. The maximum absolute atomic E-state index is 12.8. The number of nitrogens with one attached hydrogen (secondary N) is 1. The van der Waals surface area contributed by atoms with Crippen LogP contribution in [0, 0.1) is 6.92 Å². The number of morpholine rings is 1. The molecule has 4 rings (SSSR count). The van der Waals surface area contributed by atoms with E-state index in [1.807, 2.05) is 31.2 Å². The smallest absolute Gasteiger partial charge is 0.294 e. The zero-order valence-corrected chi connectivity index (χ0v) is 21.3. The molecule has 0 aromatic heterocycles. The summed E-state index contributed by atoms with van der Waals surface area (Å²) in [5.41, 5.74) is 2.35. The van der Waals surface area contributed by atoms with Gasteiger partial charge in [-0.25, -0.2) is 0 Å². The molecule has 194 valence electrons. The van der Waals surface area contributed by atoms with Crippen LogP contribution in [0.3, 0.4) is 0 Å². The van der Waals surface area contributed by atoms with Gasteiger partial charge < -0.3 is 24.4 Å². The van der Waals surface area contributed by atoms with E-state index in [2.05, 4.69) is 5.32 Å². The lowest BCUT2D eigenvalue weighted by atomic mass is 10.2. The molecular formula is C26H27N3O7S. The first-order valence-electron chi connectivity index (χ1n) is 11.6. The highest BCUT2D eigenvalue weighted by molar-refractivity contribution is 8.18. The molecule has 4 amide bonds. The number of imide groups is 1. The van der Waals surface area contributed by atoms with Crippen molar-refractivity contribution in [2.24, 2.45) is 0 Å². The third kappa shape index (κ3) is 6.69. The first-order chi connectivity index (χ1) is 17.8. The maximum Gasteiger partial charge on any atom is 0.294 e. The lowest BCUT2D eigenvalue weighted by Crippen LogP contribution is -2.46. The molecule has 2 aliphatic rings. The molecule has 0 bridgehead atoms. The van der Waals surface area contributed by atoms with Crippen LogP contribution in [0.15, 0.2) is 47.4 Å². The Kier molecular flexibility index (Phi) is 8.47. The lowest BCUT2D eigenvalue weighted by molar-refractivity contribution is -0.139. The molecule has 37 heavy (non-hydrogen) atoms. The van der Waals surface area contributed by atoms with Crippen molar-refractivity contribution in [1.82, 2.24) is 9.80 Å². The number of aryl methyl sites for hydroxylation is 1. The van der Waals surface area contributed by atoms with Gasteiger partial charge in [0.15, 0.2) is 18.1 Å². The number of hydrogen-bond acceptors (Lipinski definition) is 8. The molecule has 1 N–H and O–H groups in total. The van der Waals surface area contributed by atoms with E-state index in [0.29, 0.717) is 49.1 Å². The van der Waals surface area contributed by atoms with E-state index >= 15 is 0 Å². The number of carbonyl (C=O) groups excluding carboxylic acids is 4. The minimum absolute atomic E-state index is 0.202. The summed E-state index contributed by atoms with van der Waals surface area (Å²) in [7, 11) is 1.46. The molecule has 2 heterocycles. The Morgan fingerprint density at radius 2 is 1.81 bits per heavy atom. The summed E-state index contributed by atoms with van der Waals surface area (Å²) in [6.45, 7) is 3.18. The molecule has 2 aromatic rings. The summed E-state index contributed by atoms with van der Waals surface area (Å²) in [4.78, 5) is 52.7. The molecule has 0 radical (unpaired) electrons. The second-order valence-corrected chi connectivity index (χ2v) is 9.37. The van der Waals surface area contributed by atoms with Gasteiger partial charge in [-0.2, -0.15) is 0 Å². The van der Waals surface area contributed by atoms with Crippen LogP contribution in [0.1, 0.15) is 11.1 Å². The highest BCUT2D eigenvalue weighted by atomic mass is 32.2. The van der Waals surface area contributed by atoms with Crippen molar-refractivity contribution in [3.05, 3.63) is 58.5 Å². The molecule has 2 aliphatic heterocycles. The summed E-state index contributed by atoms with van der Waals surface area (Å²) in [6, 6.07) is 12.4. The Labute approximate surface area is 218 Å². The third-order valence-corrected chi connectivity index (χ3v) is 6.62. The minimum atomic E-state index is -0.524. The molecule has 2 saturated heterocycles. The van der Waals surface area contributed by atoms with Crippen molar-refractivity contribution in [3.8, 4) is 11.5 Å². The normalized spacial score (nSPS) is 16.8. The average Bonchev–Trinajstić information content (AvgIpc) is 3.16. The molecule has 11 heteroatoms. The number of thioether (sulfide) groups is 1. The molecule has 0 unspecified atom stereocenters. The van der Waals surface area contributed by atoms with Crippen LogP contribution in [0.25, 0.3) is 6.08 Å². The van der Waals surface area contributed by atoms with E-state index in [-0.39, 0.29) is 29.9 Å². The molecule has 0 aliphatic carbocycles. The van der Waals surface area contributed by atoms with Gasteiger partial charge >= 0.3 is 0 Å². The van der Waals surface area contributed by atoms with E-state index in [1.54, 1.807) is 29.2 Å². The van der Waals surface area contributed by atoms with Crippen LogP contribution in [0.2, 0.25) is 0 Å². The number of benzene rings is 2. The Hall–Kier alpha value is -3.83. The van der Waals surface area contributed by atoms with Crippen molar-refractivity contribution in [1.29, 1.82) is 0 Å². The molecule has 10 nitrogen and oxygen atoms in total. The predicted molar refractivity (Wildman–Crippen MR) is 138 cm³/mol. The first kappa shape index (κ1) is 26.2. The van der Waals surface area contributed by atoms with Gasteiger partial charge in [0, 0.05) is 18.8 Å². The molecule has 2 fully saturated rings. The van der Waals surface area contributed by atoms with Gasteiger partial charge in [-0.05, 0) is 54.6 Å². The molecular weight excluding hydrogens is 498 g/mol. The lowest BCUT2D eigenvalue weighted by Gasteiger charge is -2.28. The Balaban J connectivity index is 1.38. The number of methoxy groups -OCH3 is 1. The van der Waals surface area contributed by atoms with Crippen molar-refractivity contribution >= 4 is 46.5 Å². The van der Waals surface area contributed by atoms with Gasteiger partial charge in [0.05, 0.1) is 25.2 Å². The van der Waals surface area contributed by atoms with Crippen molar-refractivity contribution < 1.29 is 33.4 Å². The summed E-state index contributed by atoms with van der Waals surface area (Å²) < 4.78 is 16.2. The monoisotopic (exact) mass is 525 g/mol. The highest BCUT2D eigenvalue weighted by Gasteiger charge is 2.37. The largest absolute Gasteiger partial charge is 0.493 e. The van der Waals surface area contributed by atoms with Crippen LogP contribution < -0.4 is 14.8 Å². The predicted octanol–water partition coefficient (Wildman–Crippen LogP) is 2.92. The van der Waals surface area contributed by atoms with Gasteiger partial charge in [-0.1, -0.05) is 23.8 Å². The van der Waals surface area contributed by atoms with Gasteiger partial charge in [0.1, 0.15) is 6.54 Å². The van der Waals surface area contributed by atoms with Gasteiger partial charge in [0.2, 0.25) is 5.91 Å². The Morgan fingerprint density at radius 1 is 1.08 bits per heavy atom. The fourth-order valence-electron chi connectivity index (χ4n) is 3.71. The summed E-state index contributed by atoms with van der Waals surface area (Å²) in [5.74, 6) is -0.429. The number of hydrogen-bond donors (Lipinski definition) is 1. The zero-order chi connectivity index (χ0) is 26.4. The minimum Gasteiger partial charge on any atom is -0.493 e. The van der Waals surface area contributed by atoms with Crippen molar-refractivity contribution in [3.63, 3.8) is 0 Å². The maximum atomic E-state index is 12.8. The average molecular weight is 526 g/mol. The van der Waals surface area contributed by atoms with E-state index in [1.165, 1.54) is 7.11 Å². The molecule has 2 aromatic carbocycles. The van der Waals surface area contributed by atoms with E-state index in [4.69, 9.17) is 14.2 Å². The summed E-state index contributed by atoms with van der Waals surface area (Å²) in [5, 5.41) is 2.26. The molecule has 0 spiro atoms. The number of rotatable bonds is 8.